The molecule has 0 saturated carbocycles. The average Bonchev–Trinajstić information content (AvgIpc) is 2.48. The van der Waals surface area contributed by atoms with Crippen LogP contribution in [0.15, 0.2) is 48.7 Å². The Morgan fingerprint density at radius 2 is 1.55 bits per heavy atom. The minimum atomic E-state index is -1.29. The van der Waals surface area contributed by atoms with E-state index in [-0.39, 0.29) is 40.6 Å². The maximum Gasteiger partial charge on any atom is 0.401 e. The summed E-state index contributed by atoms with van der Waals surface area (Å²) in [5.41, 5.74) is 0.0682. The monoisotopic (exact) mass is 365 g/mol. The molecule has 0 fully saturated rings. The molecule has 1 heterocycles. The molecule has 22 heavy (non-hydrogen) atoms. The fourth-order valence-electron chi connectivity index (χ4n) is 1.85. The number of Topliss-reactive ketones (excluding diaryl/α,β-unsaturated/α-hetero) is 1. The van der Waals surface area contributed by atoms with Crippen LogP contribution < -0.4 is 21.5 Å². The SMILES string of the molecule is O=C(O)c1cc[n+](CC(=O)c2ccccc2)c(C(=O)O)c1.[Br-]. The normalized spacial score (nSPS) is 9.64. The van der Waals surface area contributed by atoms with Crippen molar-refractivity contribution in [2.24, 2.45) is 0 Å². The van der Waals surface area contributed by atoms with Crippen LogP contribution in [0.5, 0.6) is 0 Å². The van der Waals surface area contributed by atoms with Crippen LogP contribution in [0.25, 0.3) is 0 Å². The summed E-state index contributed by atoms with van der Waals surface area (Å²) in [4.78, 5) is 34.1. The van der Waals surface area contributed by atoms with Gasteiger partial charge in [0.15, 0.2) is 6.20 Å². The number of carbonyl (C=O) groups is 3. The number of rotatable bonds is 5. The zero-order valence-electron chi connectivity index (χ0n) is 11.3. The lowest BCUT2D eigenvalue weighted by Crippen LogP contribution is -3.00. The predicted molar refractivity (Wildman–Crippen MR) is 71.3 cm³/mol. The van der Waals surface area contributed by atoms with E-state index in [4.69, 9.17) is 10.2 Å². The van der Waals surface area contributed by atoms with E-state index in [1.165, 1.54) is 16.8 Å². The fourth-order valence-corrected chi connectivity index (χ4v) is 1.85. The van der Waals surface area contributed by atoms with E-state index in [0.29, 0.717) is 5.56 Å². The molecule has 0 aliphatic carbocycles. The smallest absolute Gasteiger partial charge is 0.401 e. The van der Waals surface area contributed by atoms with Crippen LogP contribution >= 0.6 is 0 Å². The maximum atomic E-state index is 12.1. The molecule has 2 aromatic rings. The van der Waals surface area contributed by atoms with E-state index < -0.39 is 11.9 Å². The third-order valence-electron chi connectivity index (χ3n) is 2.91. The van der Waals surface area contributed by atoms with Crippen molar-refractivity contribution in [2.45, 2.75) is 6.54 Å². The molecule has 0 unspecified atom stereocenters. The Kier molecular flexibility index (Phi) is 5.94. The predicted octanol–water partition coefficient (Wildman–Crippen LogP) is -1.74. The Hall–Kier alpha value is -2.54. The van der Waals surface area contributed by atoms with Crippen molar-refractivity contribution in [3.05, 3.63) is 65.5 Å². The van der Waals surface area contributed by atoms with Crippen molar-refractivity contribution in [1.29, 1.82) is 0 Å². The first-order valence-electron chi connectivity index (χ1n) is 6.07. The highest BCUT2D eigenvalue weighted by molar-refractivity contribution is 5.95. The number of hydrogen-bond acceptors (Lipinski definition) is 3. The van der Waals surface area contributed by atoms with Crippen LogP contribution in [-0.4, -0.2) is 27.9 Å². The van der Waals surface area contributed by atoms with Crippen molar-refractivity contribution in [3.8, 4) is 0 Å². The van der Waals surface area contributed by atoms with Gasteiger partial charge in [-0.3, -0.25) is 4.79 Å². The maximum absolute atomic E-state index is 12.1. The van der Waals surface area contributed by atoms with Gasteiger partial charge < -0.3 is 27.2 Å². The van der Waals surface area contributed by atoms with E-state index in [1.54, 1.807) is 30.3 Å². The molecule has 6 nitrogen and oxygen atoms in total. The zero-order valence-corrected chi connectivity index (χ0v) is 12.9. The van der Waals surface area contributed by atoms with Gasteiger partial charge >= 0.3 is 11.9 Å². The van der Waals surface area contributed by atoms with Crippen LogP contribution in [0.1, 0.15) is 31.2 Å². The van der Waals surface area contributed by atoms with Gasteiger partial charge in [-0.05, 0) is 0 Å². The highest BCUT2D eigenvalue weighted by Crippen LogP contribution is 2.04. The molecule has 0 atom stereocenters. The molecular formula is C15H12BrNO5. The number of hydrogen-bond donors (Lipinski definition) is 2. The lowest BCUT2D eigenvalue weighted by Gasteiger charge is -2.02. The van der Waals surface area contributed by atoms with Gasteiger partial charge in [0.25, 0.3) is 5.69 Å². The molecule has 2 rings (SSSR count). The number of nitrogens with zero attached hydrogens (tertiary/aromatic N) is 1. The molecule has 0 spiro atoms. The lowest BCUT2D eigenvalue weighted by molar-refractivity contribution is -0.685. The Morgan fingerprint density at radius 1 is 0.909 bits per heavy atom. The third-order valence-corrected chi connectivity index (χ3v) is 2.91. The van der Waals surface area contributed by atoms with Crippen molar-refractivity contribution < 1.29 is 46.1 Å². The minimum Gasteiger partial charge on any atom is -1.00 e. The molecule has 0 amide bonds. The lowest BCUT2D eigenvalue weighted by atomic mass is 10.1. The highest BCUT2D eigenvalue weighted by Gasteiger charge is 2.23. The number of aromatic carboxylic acids is 2. The highest BCUT2D eigenvalue weighted by atomic mass is 79.9. The van der Waals surface area contributed by atoms with Crippen LogP contribution in [0.4, 0.5) is 0 Å². The summed E-state index contributed by atoms with van der Waals surface area (Å²) >= 11 is 0. The first-order chi connectivity index (χ1) is 9.99. The Labute approximate surface area is 136 Å². The van der Waals surface area contributed by atoms with Crippen molar-refractivity contribution in [3.63, 3.8) is 0 Å². The van der Waals surface area contributed by atoms with Crippen LogP contribution in [0.2, 0.25) is 0 Å². The number of carboxylic acids is 2. The van der Waals surface area contributed by atoms with Crippen molar-refractivity contribution in [1.82, 2.24) is 0 Å². The number of halogens is 1. The molecule has 114 valence electrons. The standard InChI is InChI=1S/C15H11NO5.BrH/c17-13(10-4-2-1-3-5-10)9-16-7-6-11(14(18)19)8-12(16)15(20)21;/h1-8H,9H2,(H-,18,19,20,21);1H. The third kappa shape index (κ3) is 3.98. The summed E-state index contributed by atoms with van der Waals surface area (Å²) in [7, 11) is 0. The van der Waals surface area contributed by atoms with Gasteiger partial charge in [-0.1, -0.05) is 30.3 Å². The second-order valence-electron chi connectivity index (χ2n) is 4.33. The molecule has 0 aliphatic rings. The first-order valence-corrected chi connectivity index (χ1v) is 6.07. The molecule has 0 aliphatic heterocycles. The quantitative estimate of drug-likeness (QED) is 0.484. The molecule has 7 heteroatoms. The van der Waals surface area contributed by atoms with E-state index in [9.17, 15) is 14.4 Å². The average molecular weight is 366 g/mol. The first kappa shape index (κ1) is 17.5. The molecule has 1 aromatic carbocycles. The second kappa shape index (κ2) is 7.46. The molecule has 1 aromatic heterocycles. The van der Waals surface area contributed by atoms with Gasteiger partial charge in [0, 0.05) is 17.7 Å². The Morgan fingerprint density at radius 3 is 2.09 bits per heavy atom. The van der Waals surface area contributed by atoms with E-state index in [0.717, 1.165) is 6.07 Å². The summed E-state index contributed by atoms with van der Waals surface area (Å²) in [5, 5.41) is 18.0. The van der Waals surface area contributed by atoms with Crippen LogP contribution in [0, 0.1) is 0 Å². The summed E-state index contributed by atoms with van der Waals surface area (Å²) in [5.74, 6) is -2.77. The van der Waals surface area contributed by atoms with E-state index in [2.05, 4.69) is 0 Å². The minimum absolute atomic E-state index is 0. The summed E-state index contributed by atoms with van der Waals surface area (Å²) < 4.78 is 1.21. The number of ketones is 1. The van der Waals surface area contributed by atoms with Gasteiger partial charge in [-0.15, -0.1) is 0 Å². The largest absolute Gasteiger partial charge is 1.00 e. The van der Waals surface area contributed by atoms with Crippen molar-refractivity contribution in [2.75, 3.05) is 0 Å². The van der Waals surface area contributed by atoms with Gasteiger partial charge in [-0.2, -0.15) is 4.57 Å². The van der Waals surface area contributed by atoms with Gasteiger partial charge in [0.2, 0.25) is 12.3 Å². The molecule has 0 bridgehead atoms. The zero-order chi connectivity index (χ0) is 15.4. The Bertz CT molecular complexity index is 715. The summed E-state index contributed by atoms with van der Waals surface area (Å²) in [6.07, 6.45) is 1.29. The van der Waals surface area contributed by atoms with Gasteiger partial charge in [-0.25, -0.2) is 9.59 Å². The van der Waals surface area contributed by atoms with Crippen LogP contribution in [-0.2, 0) is 6.54 Å². The number of aromatic nitrogens is 1. The van der Waals surface area contributed by atoms with Crippen LogP contribution in [0.3, 0.4) is 0 Å². The van der Waals surface area contributed by atoms with Gasteiger partial charge in [0.05, 0.1) is 5.56 Å². The molecule has 0 radical (unpaired) electrons. The van der Waals surface area contributed by atoms with Crippen molar-refractivity contribution >= 4 is 17.7 Å². The molecule has 0 saturated heterocycles. The van der Waals surface area contributed by atoms with Gasteiger partial charge in [0.1, 0.15) is 0 Å². The summed E-state index contributed by atoms with van der Waals surface area (Å²) in [6, 6.07) is 10.8. The number of pyridine rings is 1. The van der Waals surface area contributed by atoms with E-state index >= 15 is 0 Å². The molecule has 2 N–H and O–H groups in total. The Balaban J connectivity index is 0.00000242. The second-order valence-corrected chi connectivity index (χ2v) is 4.33. The van der Waals surface area contributed by atoms with E-state index in [1.807, 2.05) is 0 Å². The topological polar surface area (TPSA) is 95.5 Å². The molecular weight excluding hydrogens is 354 g/mol. The number of carboxylic acid groups (broad SMARTS) is 2. The fraction of sp³-hybridized carbons (Fsp3) is 0.0667. The number of carbonyl (C=O) groups excluding carboxylic acids is 1. The summed E-state index contributed by atoms with van der Waals surface area (Å²) in [6.45, 7) is -0.175. The number of benzene rings is 1.